The second kappa shape index (κ2) is 2.86. The van der Waals surface area contributed by atoms with E-state index in [0.717, 1.165) is 0 Å². The molecule has 82 valence electrons. The number of carbonyl (C=O) groups is 1. The smallest absolute Gasteiger partial charge is 0.454 e. The van der Waals surface area contributed by atoms with E-state index in [9.17, 15) is 22.0 Å². The third-order valence-corrected chi connectivity index (χ3v) is 2.67. The molecule has 0 radical (unpaired) electrons. The lowest BCUT2D eigenvalue weighted by Crippen LogP contribution is -2.40. The minimum absolute atomic E-state index is 0.403. The standard InChI is InChI=1S/C6H8F2O5S/c1-5(2-3-5)13-4(9)6(7,8)14(10,11)12/h2-3H2,1H3,(H,10,11,12). The summed E-state index contributed by atoms with van der Waals surface area (Å²) in [5, 5.41) is -4.89. The summed E-state index contributed by atoms with van der Waals surface area (Å²) in [6.07, 6.45) is 0.806. The zero-order chi connectivity index (χ0) is 11.2. The predicted octanol–water partition coefficient (Wildman–Crippen LogP) is 0.563. The fourth-order valence-corrected chi connectivity index (χ4v) is 0.919. The molecule has 0 amide bonds. The van der Waals surface area contributed by atoms with Crippen molar-refractivity contribution < 1.29 is 31.3 Å². The zero-order valence-electron chi connectivity index (χ0n) is 7.16. The van der Waals surface area contributed by atoms with Crippen LogP contribution in [0.25, 0.3) is 0 Å². The van der Waals surface area contributed by atoms with Crippen molar-refractivity contribution >= 4 is 16.1 Å². The lowest BCUT2D eigenvalue weighted by molar-refractivity contribution is -0.168. The van der Waals surface area contributed by atoms with Crippen LogP contribution in [0.3, 0.4) is 0 Å². The highest BCUT2D eigenvalue weighted by atomic mass is 32.2. The molecule has 0 atom stereocenters. The van der Waals surface area contributed by atoms with Crippen LogP contribution in [0, 0.1) is 0 Å². The van der Waals surface area contributed by atoms with Crippen LogP contribution in [0.5, 0.6) is 0 Å². The lowest BCUT2D eigenvalue weighted by Gasteiger charge is -2.15. The van der Waals surface area contributed by atoms with E-state index in [1.54, 1.807) is 0 Å². The van der Waals surface area contributed by atoms with Crippen LogP contribution in [0.1, 0.15) is 19.8 Å². The summed E-state index contributed by atoms with van der Waals surface area (Å²) >= 11 is 0. The first-order valence-corrected chi connectivity index (χ1v) is 5.11. The number of carbonyl (C=O) groups excluding carboxylic acids is 1. The third kappa shape index (κ3) is 2.01. The predicted molar refractivity (Wildman–Crippen MR) is 40.2 cm³/mol. The Balaban J connectivity index is 2.78. The Morgan fingerprint density at radius 3 is 2.21 bits per heavy atom. The molecule has 1 saturated carbocycles. The summed E-state index contributed by atoms with van der Waals surface area (Å²) < 4.78 is 57.6. The first kappa shape index (κ1) is 11.3. The van der Waals surface area contributed by atoms with Crippen LogP contribution in [-0.4, -0.2) is 29.8 Å². The normalized spacial score (nSPS) is 20.3. The molecule has 0 aromatic heterocycles. The van der Waals surface area contributed by atoms with E-state index in [-0.39, 0.29) is 0 Å². The number of rotatable bonds is 3. The molecule has 0 saturated heterocycles. The van der Waals surface area contributed by atoms with Gasteiger partial charge < -0.3 is 4.74 Å². The Morgan fingerprint density at radius 2 is 1.93 bits per heavy atom. The summed E-state index contributed by atoms with van der Waals surface area (Å²) in [6, 6.07) is 0. The fraction of sp³-hybridized carbons (Fsp3) is 0.833. The maximum absolute atomic E-state index is 12.6. The summed E-state index contributed by atoms with van der Waals surface area (Å²) in [6.45, 7) is 1.39. The molecule has 0 aromatic carbocycles. The fourth-order valence-electron chi connectivity index (χ4n) is 0.667. The van der Waals surface area contributed by atoms with Gasteiger partial charge in [-0.15, -0.1) is 0 Å². The van der Waals surface area contributed by atoms with Crippen LogP contribution < -0.4 is 0 Å². The number of halogens is 2. The molecule has 0 spiro atoms. The quantitative estimate of drug-likeness (QED) is 0.566. The summed E-state index contributed by atoms with van der Waals surface area (Å²) in [4.78, 5) is 10.7. The molecule has 0 aliphatic heterocycles. The molecule has 1 fully saturated rings. The average molecular weight is 230 g/mol. The van der Waals surface area contributed by atoms with E-state index in [0.29, 0.717) is 12.8 Å². The van der Waals surface area contributed by atoms with Crippen LogP contribution in [0.4, 0.5) is 8.78 Å². The molecule has 5 nitrogen and oxygen atoms in total. The molecular weight excluding hydrogens is 222 g/mol. The van der Waals surface area contributed by atoms with Gasteiger partial charge in [0.15, 0.2) is 0 Å². The molecule has 0 aromatic rings. The van der Waals surface area contributed by atoms with Crippen molar-refractivity contribution in [1.29, 1.82) is 0 Å². The largest absolute Gasteiger partial charge is 0.465 e. The average Bonchev–Trinajstić information content (AvgIpc) is 2.65. The maximum Gasteiger partial charge on any atom is 0.465 e. The highest BCUT2D eigenvalue weighted by Gasteiger charge is 2.57. The van der Waals surface area contributed by atoms with Gasteiger partial charge in [0.05, 0.1) is 0 Å². The van der Waals surface area contributed by atoms with Gasteiger partial charge in [0, 0.05) is 0 Å². The van der Waals surface area contributed by atoms with Crippen LogP contribution in [-0.2, 0) is 19.6 Å². The minimum Gasteiger partial charge on any atom is -0.454 e. The molecule has 0 unspecified atom stereocenters. The monoisotopic (exact) mass is 230 g/mol. The lowest BCUT2D eigenvalue weighted by atomic mass is 10.4. The number of alkyl halides is 2. The van der Waals surface area contributed by atoms with Gasteiger partial charge in [0.25, 0.3) is 0 Å². The Kier molecular flexibility index (Phi) is 2.31. The second-order valence-electron chi connectivity index (χ2n) is 3.33. The molecule has 1 N–H and O–H groups in total. The van der Waals surface area contributed by atoms with Gasteiger partial charge in [-0.2, -0.15) is 17.2 Å². The van der Waals surface area contributed by atoms with Crippen molar-refractivity contribution in [2.45, 2.75) is 30.6 Å². The van der Waals surface area contributed by atoms with Crippen molar-refractivity contribution in [3.05, 3.63) is 0 Å². The molecule has 1 aliphatic rings. The van der Waals surface area contributed by atoms with E-state index >= 15 is 0 Å². The third-order valence-electron chi connectivity index (χ3n) is 1.85. The number of hydrogen-bond donors (Lipinski definition) is 1. The van der Waals surface area contributed by atoms with Gasteiger partial charge in [0.2, 0.25) is 0 Å². The summed E-state index contributed by atoms with van der Waals surface area (Å²) in [5.74, 6) is -2.24. The zero-order valence-corrected chi connectivity index (χ0v) is 7.98. The highest BCUT2D eigenvalue weighted by molar-refractivity contribution is 7.87. The van der Waals surface area contributed by atoms with Gasteiger partial charge in [-0.25, -0.2) is 4.79 Å². The number of esters is 1. The van der Waals surface area contributed by atoms with Crippen molar-refractivity contribution in [2.24, 2.45) is 0 Å². The topological polar surface area (TPSA) is 80.7 Å². The molecule has 1 aliphatic carbocycles. The van der Waals surface area contributed by atoms with Crippen molar-refractivity contribution in [3.8, 4) is 0 Å². The van der Waals surface area contributed by atoms with Gasteiger partial charge in [-0.1, -0.05) is 0 Å². The van der Waals surface area contributed by atoms with Gasteiger partial charge >= 0.3 is 21.3 Å². The minimum atomic E-state index is -5.75. The molecule has 0 bridgehead atoms. The first-order valence-electron chi connectivity index (χ1n) is 3.67. The van der Waals surface area contributed by atoms with Crippen LogP contribution in [0.2, 0.25) is 0 Å². The molecule has 1 rings (SSSR count). The van der Waals surface area contributed by atoms with Crippen molar-refractivity contribution in [1.82, 2.24) is 0 Å². The number of ether oxygens (including phenoxy) is 1. The van der Waals surface area contributed by atoms with Gasteiger partial charge in [0.1, 0.15) is 5.60 Å². The van der Waals surface area contributed by atoms with E-state index in [4.69, 9.17) is 4.55 Å². The van der Waals surface area contributed by atoms with Crippen molar-refractivity contribution in [3.63, 3.8) is 0 Å². The highest BCUT2D eigenvalue weighted by Crippen LogP contribution is 2.40. The Morgan fingerprint density at radius 1 is 1.50 bits per heavy atom. The summed E-state index contributed by atoms with van der Waals surface area (Å²) in [7, 11) is -5.75. The van der Waals surface area contributed by atoms with E-state index in [1.165, 1.54) is 6.92 Å². The van der Waals surface area contributed by atoms with Gasteiger partial charge in [-0.05, 0) is 19.8 Å². The molecule has 0 heterocycles. The second-order valence-corrected chi connectivity index (χ2v) is 4.79. The van der Waals surface area contributed by atoms with E-state index in [2.05, 4.69) is 4.74 Å². The number of hydrogen-bond acceptors (Lipinski definition) is 4. The van der Waals surface area contributed by atoms with Gasteiger partial charge in [-0.3, -0.25) is 4.55 Å². The van der Waals surface area contributed by atoms with Crippen LogP contribution in [0.15, 0.2) is 0 Å². The SMILES string of the molecule is CC1(OC(=O)C(F)(F)S(=O)(=O)O)CC1. The molecule has 14 heavy (non-hydrogen) atoms. The van der Waals surface area contributed by atoms with Crippen molar-refractivity contribution in [2.75, 3.05) is 0 Å². The first-order chi connectivity index (χ1) is 6.08. The maximum atomic E-state index is 12.6. The van der Waals surface area contributed by atoms with E-state index < -0.39 is 26.9 Å². The summed E-state index contributed by atoms with van der Waals surface area (Å²) in [5.41, 5.74) is -1.01. The molecular formula is C6H8F2O5S. The Bertz CT molecular complexity index is 356. The van der Waals surface area contributed by atoms with Crippen LogP contribution >= 0.6 is 0 Å². The Hall–Kier alpha value is -0.760. The van der Waals surface area contributed by atoms with E-state index in [1.807, 2.05) is 0 Å². The molecule has 8 heteroatoms. The Labute approximate surface area is 78.8 Å².